The number of amides is 3. The third-order valence-corrected chi connectivity index (χ3v) is 6.52. The van der Waals surface area contributed by atoms with E-state index >= 15 is 0 Å². The average molecular weight is 431 g/mol. The second-order valence-electron chi connectivity index (χ2n) is 6.63. The van der Waals surface area contributed by atoms with Crippen LogP contribution in [0.3, 0.4) is 0 Å². The van der Waals surface area contributed by atoms with Crippen molar-refractivity contribution in [2.75, 3.05) is 40.6 Å². The Bertz CT molecular complexity index is 824. The van der Waals surface area contributed by atoms with Gasteiger partial charge in [-0.25, -0.2) is 4.79 Å². The van der Waals surface area contributed by atoms with Crippen molar-refractivity contribution in [1.82, 2.24) is 5.32 Å². The van der Waals surface area contributed by atoms with E-state index < -0.39 is 0 Å². The summed E-state index contributed by atoms with van der Waals surface area (Å²) in [5.41, 5.74) is 8.20. The van der Waals surface area contributed by atoms with Crippen LogP contribution in [0.25, 0.3) is 0 Å². The van der Waals surface area contributed by atoms with Crippen LogP contribution in [0.2, 0.25) is 0 Å². The molecule has 0 aliphatic carbocycles. The van der Waals surface area contributed by atoms with Gasteiger partial charge in [0.2, 0.25) is 5.91 Å². The highest BCUT2D eigenvalue weighted by molar-refractivity contribution is 7.99. The van der Waals surface area contributed by atoms with Crippen molar-refractivity contribution in [3.63, 3.8) is 0 Å². The Kier molecular flexibility index (Phi) is 8.13. The number of benzene rings is 2. The molecular weight excluding hydrogens is 404 g/mol. The monoisotopic (exact) mass is 430 g/mol. The zero-order valence-corrected chi connectivity index (χ0v) is 17.9. The lowest BCUT2D eigenvalue weighted by Crippen LogP contribution is -2.32. The molecule has 4 N–H and O–H groups in total. The van der Waals surface area contributed by atoms with Gasteiger partial charge in [0.05, 0.1) is 5.69 Å². The zero-order chi connectivity index (χ0) is 20.5. The summed E-state index contributed by atoms with van der Waals surface area (Å²) in [7, 11) is 0. The molecule has 0 saturated carbocycles. The standard InChI is InChI=1S/C21H26N4O2S2/c22-20(26)9-12-29-19-4-2-1-3-18(19)24-21(27)23-15-16-5-7-17(8-6-16)25-10-13-28-14-11-25/h1-8H,9-15H2,(H2,22,26)(H2,23,24,27). The molecule has 2 aromatic carbocycles. The van der Waals surface area contributed by atoms with Gasteiger partial charge in [0.1, 0.15) is 0 Å². The first-order valence-electron chi connectivity index (χ1n) is 9.58. The van der Waals surface area contributed by atoms with E-state index in [0.29, 0.717) is 18.7 Å². The van der Waals surface area contributed by atoms with Gasteiger partial charge in [-0.2, -0.15) is 11.8 Å². The van der Waals surface area contributed by atoms with Crippen LogP contribution in [0.5, 0.6) is 0 Å². The fraction of sp³-hybridized carbons (Fsp3) is 0.333. The topological polar surface area (TPSA) is 87.5 Å². The maximum absolute atomic E-state index is 12.3. The van der Waals surface area contributed by atoms with E-state index in [1.165, 1.54) is 29.0 Å². The minimum absolute atomic E-state index is 0.259. The van der Waals surface area contributed by atoms with Crippen LogP contribution in [0.15, 0.2) is 53.4 Å². The number of rotatable bonds is 8. The second-order valence-corrected chi connectivity index (χ2v) is 9.00. The van der Waals surface area contributed by atoms with Gasteiger partial charge in [0, 0.05) is 53.9 Å². The van der Waals surface area contributed by atoms with Crippen LogP contribution >= 0.6 is 23.5 Å². The molecule has 154 valence electrons. The van der Waals surface area contributed by atoms with E-state index in [-0.39, 0.29) is 11.9 Å². The van der Waals surface area contributed by atoms with E-state index in [4.69, 9.17) is 5.73 Å². The minimum atomic E-state index is -0.328. The molecule has 1 heterocycles. The zero-order valence-electron chi connectivity index (χ0n) is 16.2. The van der Waals surface area contributed by atoms with Gasteiger partial charge >= 0.3 is 6.03 Å². The highest BCUT2D eigenvalue weighted by atomic mass is 32.2. The van der Waals surface area contributed by atoms with Crippen molar-refractivity contribution < 1.29 is 9.59 Å². The number of hydrogen-bond donors (Lipinski definition) is 3. The van der Waals surface area contributed by atoms with E-state index in [9.17, 15) is 9.59 Å². The molecule has 8 heteroatoms. The lowest BCUT2D eigenvalue weighted by Gasteiger charge is -2.28. The fourth-order valence-corrected chi connectivity index (χ4v) is 4.83. The number of anilines is 2. The number of hydrogen-bond acceptors (Lipinski definition) is 5. The number of urea groups is 1. The molecule has 0 unspecified atom stereocenters. The predicted octanol–water partition coefficient (Wildman–Crippen LogP) is 3.53. The van der Waals surface area contributed by atoms with Crippen molar-refractivity contribution in [2.24, 2.45) is 5.73 Å². The molecule has 1 aliphatic rings. The molecule has 3 rings (SSSR count). The van der Waals surface area contributed by atoms with Crippen molar-refractivity contribution in [2.45, 2.75) is 17.9 Å². The highest BCUT2D eigenvalue weighted by Gasteiger charge is 2.11. The Morgan fingerprint density at radius 3 is 2.52 bits per heavy atom. The van der Waals surface area contributed by atoms with E-state index in [1.54, 1.807) is 0 Å². The normalized spacial score (nSPS) is 13.7. The number of primary amides is 1. The fourth-order valence-electron chi connectivity index (χ4n) is 2.95. The quantitative estimate of drug-likeness (QED) is 0.558. The van der Waals surface area contributed by atoms with Gasteiger partial charge in [-0.05, 0) is 29.8 Å². The largest absolute Gasteiger partial charge is 0.370 e. The van der Waals surface area contributed by atoms with E-state index in [1.807, 2.05) is 36.0 Å². The summed E-state index contributed by atoms with van der Waals surface area (Å²) in [6, 6.07) is 15.6. The Labute approximate surface area is 180 Å². The summed E-state index contributed by atoms with van der Waals surface area (Å²) >= 11 is 3.49. The summed E-state index contributed by atoms with van der Waals surface area (Å²) in [5, 5.41) is 5.78. The number of nitrogens with two attached hydrogens (primary N) is 1. The molecule has 1 aliphatic heterocycles. The van der Waals surface area contributed by atoms with Crippen molar-refractivity contribution >= 4 is 46.8 Å². The van der Waals surface area contributed by atoms with Crippen LogP contribution in [-0.2, 0) is 11.3 Å². The molecule has 6 nitrogen and oxygen atoms in total. The summed E-state index contributed by atoms with van der Waals surface area (Å²) in [6.45, 7) is 2.63. The van der Waals surface area contributed by atoms with Crippen molar-refractivity contribution in [3.8, 4) is 0 Å². The first-order valence-corrected chi connectivity index (χ1v) is 11.7. The Hall–Kier alpha value is -2.32. The number of carbonyl (C=O) groups is 2. The Morgan fingerprint density at radius 1 is 1.07 bits per heavy atom. The molecule has 3 amide bonds. The lowest BCUT2D eigenvalue weighted by molar-refractivity contribution is -0.117. The molecule has 1 fully saturated rings. The molecule has 2 aromatic rings. The Balaban J connectivity index is 1.49. The molecule has 0 spiro atoms. The van der Waals surface area contributed by atoms with Gasteiger partial charge in [0.15, 0.2) is 0 Å². The molecule has 29 heavy (non-hydrogen) atoms. The number of nitrogens with one attached hydrogen (secondary N) is 2. The van der Waals surface area contributed by atoms with Crippen molar-refractivity contribution in [3.05, 3.63) is 54.1 Å². The number of nitrogens with zero attached hydrogens (tertiary/aromatic N) is 1. The molecule has 0 atom stereocenters. The van der Waals surface area contributed by atoms with Crippen LogP contribution in [0, 0.1) is 0 Å². The average Bonchev–Trinajstić information content (AvgIpc) is 2.74. The minimum Gasteiger partial charge on any atom is -0.370 e. The van der Waals surface area contributed by atoms with Crippen LogP contribution in [0.4, 0.5) is 16.2 Å². The van der Waals surface area contributed by atoms with Crippen molar-refractivity contribution in [1.29, 1.82) is 0 Å². The predicted molar refractivity (Wildman–Crippen MR) is 123 cm³/mol. The van der Waals surface area contributed by atoms with E-state index in [2.05, 4.69) is 39.8 Å². The second kappa shape index (κ2) is 11.0. The maximum atomic E-state index is 12.3. The number of para-hydroxylation sites is 1. The van der Waals surface area contributed by atoms with Gasteiger partial charge in [-0.3, -0.25) is 4.79 Å². The summed E-state index contributed by atoms with van der Waals surface area (Å²) in [4.78, 5) is 26.5. The molecule has 0 radical (unpaired) electrons. The summed E-state index contributed by atoms with van der Waals surface area (Å²) in [6.07, 6.45) is 0.303. The number of thioether (sulfide) groups is 2. The highest BCUT2D eigenvalue weighted by Crippen LogP contribution is 2.27. The van der Waals surface area contributed by atoms with Gasteiger partial charge in [-0.1, -0.05) is 24.3 Å². The molecule has 1 saturated heterocycles. The first kappa shape index (κ1) is 21.4. The maximum Gasteiger partial charge on any atom is 0.319 e. The van der Waals surface area contributed by atoms with Crippen LogP contribution < -0.4 is 21.3 Å². The molecule has 0 bridgehead atoms. The van der Waals surface area contributed by atoms with Crippen LogP contribution in [0.1, 0.15) is 12.0 Å². The number of carbonyl (C=O) groups excluding carboxylic acids is 2. The first-order chi connectivity index (χ1) is 14.1. The van der Waals surface area contributed by atoms with Crippen LogP contribution in [-0.4, -0.2) is 42.3 Å². The molecular formula is C21H26N4O2S2. The van der Waals surface area contributed by atoms with Gasteiger partial charge in [-0.15, -0.1) is 11.8 Å². The van der Waals surface area contributed by atoms with E-state index in [0.717, 1.165) is 29.2 Å². The lowest BCUT2D eigenvalue weighted by atomic mass is 10.2. The smallest absolute Gasteiger partial charge is 0.319 e. The summed E-state index contributed by atoms with van der Waals surface area (Å²) < 4.78 is 0. The molecule has 0 aromatic heterocycles. The third-order valence-electron chi connectivity index (χ3n) is 4.51. The SMILES string of the molecule is NC(=O)CCSc1ccccc1NC(=O)NCc1ccc(N2CCSCC2)cc1. The van der Waals surface area contributed by atoms with Gasteiger partial charge < -0.3 is 21.3 Å². The summed E-state index contributed by atoms with van der Waals surface area (Å²) in [5.74, 6) is 2.60. The Morgan fingerprint density at radius 2 is 1.79 bits per heavy atom. The van der Waals surface area contributed by atoms with Gasteiger partial charge in [0.25, 0.3) is 0 Å². The third kappa shape index (κ3) is 6.90.